The van der Waals surface area contributed by atoms with Crippen LogP contribution in [0.4, 0.5) is 5.82 Å². The fourth-order valence-electron chi connectivity index (χ4n) is 5.01. The van der Waals surface area contributed by atoms with Crippen LogP contribution in [0.3, 0.4) is 0 Å². The molecule has 1 fully saturated rings. The van der Waals surface area contributed by atoms with Gasteiger partial charge in [0.25, 0.3) is 0 Å². The number of ether oxygens (including phenoxy) is 1. The third kappa shape index (κ3) is 4.59. The molecule has 2 aromatic heterocycles. The van der Waals surface area contributed by atoms with E-state index in [0.29, 0.717) is 42.3 Å². The largest absolute Gasteiger partial charge is 0.456 e. The molecule has 0 spiro atoms. The first-order valence-corrected chi connectivity index (χ1v) is 12.3. The number of hydrogen-bond acceptors (Lipinski definition) is 7. The predicted molar refractivity (Wildman–Crippen MR) is 142 cm³/mol. The summed E-state index contributed by atoms with van der Waals surface area (Å²) in [6, 6.07) is 15.5. The molecule has 9 heteroatoms. The zero-order valence-electron chi connectivity index (χ0n) is 20.8. The Morgan fingerprint density at radius 2 is 2.00 bits per heavy atom. The second-order valence-electron chi connectivity index (χ2n) is 9.59. The molecule has 3 heterocycles. The zero-order valence-corrected chi connectivity index (χ0v) is 20.8. The number of nitriles is 1. The monoisotopic (exact) mass is 495 g/mol. The maximum absolute atomic E-state index is 11.7. The molecule has 188 valence electrons. The number of carbonyl (C=O) groups is 1. The minimum Gasteiger partial charge on any atom is -0.456 e. The molecule has 2 aromatic carbocycles. The average molecular weight is 496 g/mol. The minimum atomic E-state index is -0.303. The van der Waals surface area contributed by atoms with Gasteiger partial charge in [-0.2, -0.15) is 5.26 Å². The summed E-state index contributed by atoms with van der Waals surface area (Å²) >= 11 is 0. The number of carbonyl (C=O) groups excluding carboxylic acids is 1. The van der Waals surface area contributed by atoms with Crippen LogP contribution >= 0.6 is 0 Å². The zero-order chi connectivity index (χ0) is 26.1. The second kappa shape index (κ2) is 9.91. The number of amides is 1. The highest BCUT2D eigenvalue weighted by molar-refractivity contribution is 6.00. The van der Waals surface area contributed by atoms with Crippen LogP contribution in [0.5, 0.6) is 11.5 Å². The van der Waals surface area contributed by atoms with E-state index in [1.54, 1.807) is 6.07 Å². The number of aromatic nitrogens is 3. The molecule has 4 aromatic rings. The van der Waals surface area contributed by atoms with Crippen LogP contribution in [0.1, 0.15) is 49.9 Å². The van der Waals surface area contributed by atoms with Crippen LogP contribution in [-0.2, 0) is 4.79 Å². The average Bonchev–Trinajstić information content (AvgIpc) is 3.30. The third-order valence-electron chi connectivity index (χ3n) is 6.94. The molecule has 1 saturated heterocycles. The fraction of sp³-hybridized carbons (Fsp3) is 0.286. The minimum absolute atomic E-state index is 0.141. The summed E-state index contributed by atoms with van der Waals surface area (Å²) in [6.07, 6.45) is 4.78. The number of nitrogen functional groups attached to an aromatic ring is 1. The molecule has 5 rings (SSSR count). The first kappa shape index (κ1) is 24.3. The maximum atomic E-state index is 11.7. The van der Waals surface area contributed by atoms with Crippen molar-refractivity contribution in [2.45, 2.75) is 38.8 Å². The summed E-state index contributed by atoms with van der Waals surface area (Å²) in [6.45, 7) is 4.85. The Kier molecular flexibility index (Phi) is 6.51. The van der Waals surface area contributed by atoms with Gasteiger partial charge in [0, 0.05) is 29.8 Å². The highest BCUT2D eigenvalue weighted by Gasteiger charge is 2.28. The predicted octanol–water partition coefficient (Wildman–Crippen LogP) is 4.45. The summed E-state index contributed by atoms with van der Waals surface area (Å²) in [5, 5.41) is 14.2. The van der Waals surface area contributed by atoms with Crippen LogP contribution in [0.25, 0.3) is 22.2 Å². The van der Waals surface area contributed by atoms with E-state index in [9.17, 15) is 10.1 Å². The van der Waals surface area contributed by atoms with Gasteiger partial charge in [0.05, 0.1) is 10.9 Å². The number of primary amides is 1. The Morgan fingerprint density at radius 3 is 2.70 bits per heavy atom. The number of hydrogen-bond donors (Lipinski definition) is 3. The number of anilines is 1. The van der Waals surface area contributed by atoms with E-state index in [4.69, 9.17) is 16.2 Å². The van der Waals surface area contributed by atoms with Gasteiger partial charge in [0.2, 0.25) is 5.91 Å². The molecule has 5 N–H and O–H groups in total. The van der Waals surface area contributed by atoms with Crippen molar-refractivity contribution >= 4 is 22.8 Å². The Morgan fingerprint density at radius 1 is 1.22 bits per heavy atom. The molecule has 1 aliphatic heterocycles. The van der Waals surface area contributed by atoms with Crippen molar-refractivity contribution in [3.63, 3.8) is 0 Å². The van der Waals surface area contributed by atoms with E-state index in [2.05, 4.69) is 39.8 Å². The van der Waals surface area contributed by atoms with Gasteiger partial charge in [-0.3, -0.25) is 4.79 Å². The van der Waals surface area contributed by atoms with Crippen LogP contribution in [0.15, 0.2) is 55.0 Å². The summed E-state index contributed by atoms with van der Waals surface area (Å²) in [4.78, 5) is 20.4. The van der Waals surface area contributed by atoms with Crippen molar-refractivity contribution in [1.82, 2.24) is 19.9 Å². The molecule has 2 unspecified atom stereocenters. The number of piperidine rings is 1. The molecule has 2 atom stereocenters. The van der Waals surface area contributed by atoms with Gasteiger partial charge in [0.15, 0.2) is 0 Å². The number of fused-ring (bicyclic) bond motifs is 1. The first-order valence-electron chi connectivity index (χ1n) is 12.3. The molecule has 9 nitrogen and oxygen atoms in total. The molecule has 0 radical (unpaired) electrons. The van der Waals surface area contributed by atoms with Crippen LogP contribution < -0.4 is 21.5 Å². The Balaban J connectivity index is 1.44. The summed E-state index contributed by atoms with van der Waals surface area (Å²) in [5.41, 5.74) is 15.7. The molecule has 0 aliphatic carbocycles. The quantitative estimate of drug-likeness (QED) is 0.358. The van der Waals surface area contributed by atoms with Crippen LogP contribution in [-0.4, -0.2) is 27.0 Å². The lowest BCUT2D eigenvalue weighted by Crippen LogP contribution is -2.37. The van der Waals surface area contributed by atoms with E-state index in [0.717, 1.165) is 27.7 Å². The normalized spacial score (nSPS) is 17.6. The molecule has 1 aliphatic rings. The number of nitrogens with zero attached hydrogens (tertiary/aromatic N) is 4. The van der Waals surface area contributed by atoms with E-state index in [-0.39, 0.29) is 23.9 Å². The molecule has 0 saturated carbocycles. The third-order valence-corrected chi connectivity index (χ3v) is 6.94. The fourth-order valence-corrected chi connectivity index (χ4v) is 5.01. The van der Waals surface area contributed by atoms with Crippen LogP contribution in [0, 0.1) is 17.2 Å². The molecular weight excluding hydrogens is 466 g/mol. The summed E-state index contributed by atoms with van der Waals surface area (Å²) in [7, 11) is 0. The summed E-state index contributed by atoms with van der Waals surface area (Å²) < 4.78 is 8.24. The van der Waals surface area contributed by atoms with Crippen molar-refractivity contribution in [3.8, 4) is 28.7 Å². The standard InChI is InChI=1S/C28H29N7O2/c1-16(2)35-14-22(25-26(30)33-15-34-28(25)35)17-6-8-19(9-7-17)37-24-5-3-4-20(21(24)13-29)23-12-18(27(31)36)10-11-32-23/h3-9,14-16,18,23,32H,10-12H2,1-2H3,(H2,31,36)(H2,30,33,34). The van der Waals surface area contributed by atoms with Crippen molar-refractivity contribution in [2.75, 3.05) is 12.3 Å². The lowest BCUT2D eigenvalue weighted by molar-refractivity contribution is -0.122. The first-order chi connectivity index (χ1) is 17.9. The number of nitrogens with one attached hydrogen (secondary N) is 1. The van der Waals surface area contributed by atoms with Gasteiger partial charge in [0.1, 0.15) is 35.4 Å². The smallest absolute Gasteiger partial charge is 0.220 e. The van der Waals surface area contributed by atoms with Gasteiger partial charge in [-0.05, 0) is 62.6 Å². The topological polar surface area (TPSA) is 145 Å². The van der Waals surface area contributed by atoms with E-state index >= 15 is 0 Å². The van der Waals surface area contributed by atoms with Crippen molar-refractivity contribution in [3.05, 3.63) is 66.1 Å². The molecule has 0 bridgehead atoms. The SMILES string of the molecule is CC(C)n1cc(-c2ccc(Oc3cccc(C4CC(C(N)=O)CCN4)c3C#N)cc2)c2c(N)ncnc21. The Hall–Kier alpha value is -4.42. The Labute approximate surface area is 215 Å². The van der Waals surface area contributed by atoms with Crippen molar-refractivity contribution in [2.24, 2.45) is 11.7 Å². The van der Waals surface area contributed by atoms with E-state index < -0.39 is 0 Å². The highest BCUT2D eigenvalue weighted by Crippen LogP contribution is 2.37. The lowest BCUT2D eigenvalue weighted by Gasteiger charge is -2.29. The Bertz CT molecular complexity index is 1500. The van der Waals surface area contributed by atoms with E-state index in [1.807, 2.05) is 42.6 Å². The van der Waals surface area contributed by atoms with Crippen LogP contribution in [0.2, 0.25) is 0 Å². The van der Waals surface area contributed by atoms with Gasteiger partial charge < -0.3 is 26.1 Å². The number of nitrogens with two attached hydrogens (primary N) is 2. The number of benzene rings is 2. The van der Waals surface area contributed by atoms with E-state index in [1.165, 1.54) is 6.33 Å². The number of rotatable bonds is 6. The van der Waals surface area contributed by atoms with Crippen molar-refractivity contribution in [1.29, 1.82) is 5.26 Å². The second-order valence-corrected chi connectivity index (χ2v) is 9.59. The molecule has 1 amide bonds. The maximum Gasteiger partial charge on any atom is 0.220 e. The highest BCUT2D eigenvalue weighted by atomic mass is 16.5. The molecule has 37 heavy (non-hydrogen) atoms. The lowest BCUT2D eigenvalue weighted by atomic mass is 9.86. The molecular formula is C28H29N7O2. The van der Waals surface area contributed by atoms with Gasteiger partial charge in [-0.25, -0.2) is 9.97 Å². The van der Waals surface area contributed by atoms with Gasteiger partial charge in [-0.15, -0.1) is 0 Å². The summed E-state index contributed by atoms with van der Waals surface area (Å²) in [5.74, 6) is 0.981. The van der Waals surface area contributed by atoms with Crippen molar-refractivity contribution < 1.29 is 9.53 Å². The van der Waals surface area contributed by atoms with Gasteiger partial charge in [-0.1, -0.05) is 24.3 Å². The van der Waals surface area contributed by atoms with Gasteiger partial charge >= 0.3 is 0 Å².